The van der Waals surface area contributed by atoms with E-state index in [9.17, 15) is 8.42 Å². The maximum Gasteiger partial charge on any atom is 0.240 e. The van der Waals surface area contributed by atoms with Crippen LogP contribution in [0.2, 0.25) is 0 Å². The van der Waals surface area contributed by atoms with Crippen molar-refractivity contribution in [3.8, 4) is 0 Å². The second-order valence-electron chi connectivity index (χ2n) is 6.87. The van der Waals surface area contributed by atoms with Gasteiger partial charge in [-0.3, -0.25) is 4.90 Å². The number of nitrogens with one attached hydrogen (secondary N) is 1. The van der Waals surface area contributed by atoms with Crippen LogP contribution in [0.5, 0.6) is 0 Å². The van der Waals surface area contributed by atoms with Gasteiger partial charge in [0.1, 0.15) is 0 Å². The lowest BCUT2D eigenvalue weighted by Gasteiger charge is -2.32. The SMILES string of the molecule is Cc1ccc(CN2CCC(CNS(=O)(=O)c3ccccc3)CC2)cc1. The second kappa shape index (κ2) is 8.13. The van der Waals surface area contributed by atoms with Crippen molar-refractivity contribution >= 4 is 10.0 Å². The molecule has 1 N–H and O–H groups in total. The Morgan fingerprint density at radius 3 is 2.28 bits per heavy atom. The number of hydrogen-bond donors (Lipinski definition) is 1. The van der Waals surface area contributed by atoms with Gasteiger partial charge in [0.15, 0.2) is 0 Å². The van der Waals surface area contributed by atoms with Gasteiger partial charge in [0, 0.05) is 13.1 Å². The van der Waals surface area contributed by atoms with Crippen LogP contribution in [0.1, 0.15) is 24.0 Å². The van der Waals surface area contributed by atoms with E-state index >= 15 is 0 Å². The average Bonchev–Trinajstić information content (AvgIpc) is 2.64. The number of sulfonamides is 1. The molecule has 134 valence electrons. The maximum absolute atomic E-state index is 12.3. The molecule has 0 bridgehead atoms. The number of likely N-dealkylation sites (tertiary alicyclic amines) is 1. The predicted octanol–water partition coefficient (Wildman–Crippen LogP) is 3.19. The molecule has 1 heterocycles. The molecule has 0 unspecified atom stereocenters. The summed E-state index contributed by atoms with van der Waals surface area (Å²) < 4.78 is 27.3. The predicted molar refractivity (Wildman–Crippen MR) is 101 cm³/mol. The van der Waals surface area contributed by atoms with Crippen LogP contribution >= 0.6 is 0 Å². The molecule has 0 amide bonds. The summed E-state index contributed by atoms with van der Waals surface area (Å²) in [5.74, 6) is 0.410. The summed E-state index contributed by atoms with van der Waals surface area (Å²) in [5.41, 5.74) is 2.63. The summed E-state index contributed by atoms with van der Waals surface area (Å²) >= 11 is 0. The Labute approximate surface area is 150 Å². The topological polar surface area (TPSA) is 49.4 Å². The largest absolute Gasteiger partial charge is 0.299 e. The van der Waals surface area contributed by atoms with Crippen LogP contribution in [0, 0.1) is 12.8 Å². The van der Waals surface area contributed by atoms with Crippen molar-refractivity contribution in [3.63, 3.8) is 0 Å². The molecule has 0 aromatic heterocycles. The third-order valence-electron chi connectivity index (χ3n) is 4.85. The molecule has 5 heteroatoms. The van der Waals surface area contributed by atoms with Crippen molar-refractivity contribution in [2.24, 2.45) is 5.92 Å². The van der Waals surface area contributed by atoms with Gasteiger partial charge in [0.2, 0.25) is 10.0 Å². The molecule has 1 aliphatic rings. The van der Waals surface area contributed by atoms with Gasteiger partial charge in [-0.25, -0.2) is 13.1 Å². The number of aryl methyl sites for hydroxylation is 1. The number of benzene rings is 2. The minimum atomic E-state index is -3.39. The standard InChI is InChI=1S/C20H26N2O2S/c1-17-7-9-19(10-8-17)16-22-13-11-18(12-14-22)15-21-25(23,24)20-5-3-2-4-6-20/h2-10,18,21H,11-16H2,1H3. The van der Waals surface area contributed by atoms with Crippen LogP contribution in [0.3, 0.4) is 0 Å². The molecule has 1 aliphatic heterocycles. The van der Waals surface area contributed by atoms with E-state index in [0.29, 0.717) is 17.4 Å². The average molecular weight is 359 g/mol. The van der Waals surface area contributed by atoms with Crippen LogP contribution in [0.4, 0.5) is 0 Å². The summed E-state index contributed by atoms with van der Waals surface area (Å²) in [5, 5.41) is 0. The number of nitrogens with zero attached hydrogens (tertiary/aromatic N) is 1. The molecule has 0 atom stereocenters. The number of piperidine rings is 1. The van der Waals surface area contributed by atoms with Crippen molar-refractivity contribution in [3.05, 3.63) is 65.7 Å². The lowest BCUT2D eigenvalue weighted by atomic mass is 9.97. The van der Waals surface area contributed by atoms with E-state index in [0.717, 1.165) is 32.5 Å². The highest BCUT2D eigenvalue weighted by Gasteiger charge is 2.21. The fourth-order valence-corrected chi connectivity index (χ4v) is 4.35. The quantitative estimate of drug-likeness (QED) is 0.863. The normalized spacial score (nSPS) is 16.8. The van der Waals surface area contributed by atoms with Gasteiger partial charge in [-0.15, -0.1) is 0 Å². The van der Waals surface area contributed by atoms with Gasteiger partial charge in [-0.2, -0.15) is 0 Å². The zero-order valence-corrected chi connectivity index (χ0v) is 15.5. The van der Waals surface area contributed by atoms with Gasteiger partial charge in [0.05, 0.1) is 4.90 Å². The van der Waals surface area contributed by atoms with E-state index in [2.05, 4.69) is 40.8 Å². The lowest BCUT2D eigenvalue weighted by molar-refractivity contribution is 0.178. The fourth-order valence-electron chi connectivity index (χ4n) is 3.21. The first kappa shape index (κ1) is 18.1. The van der Waals surface area contributed by atoms with Crippen molar-refractivity contribution in [1.29, 1.82) is 0 Å². The first-order valence-corrected chi connectivity index (χ1v) is 10.3. The number of rotatable bonds is 6. The Kier molecular flexibility index (Phi) is 5.89. The van der Waals surface area contributed by atoms with Gasteiger partial charge in [-0.1, -0.05) is 48.0 Å². The molecule has 4 nitrogen and oxygen atoms in total. The molecule has 0 saturated carbocycles. The van der Waals surface area contributed by atoms with Crippen molar-refractivity contribution < 1.29 is 8.42 Å². The monoisotopic (exact) mass is 358 g/mol. The summed E-state index contributed by atoms with van der Waals surface area (Å²) in [6.07, 6.45) is 2.06. The molecule has 25 heavy (non-hydrogen) atoms. The highest BCUT2D eigenvalue weighted by molar-refractivity contribution is 7.89. The first-order valence-electron chi connectivity index (χ1n) is 8.85. The maximum atomic E-state index is 12.3. The Morgan fingerprint density at radius 2 is 1.64 bits per heavy atom. The lowest BCUT2D eigenvalue weighted by Crippen LogP contribution is -2.38. The van der Waals surface area contributed by atoms with E-state index in [-0.39, 0.29) is 0 Å². The first-order chi connectivity index (χ1) is 12.0. The molecule has 2 aromatic carbocycles. The third-order valence-corrected chi connectivity index (χ3v) is 6.29. The molecule has 1 fully saturated rings. The van der Waals surface area contributed by atoms with Gasteiger partial charge >= 0.3 is 0 Å². The molecule has 0 aliphatic carbocycles. The molecular weight excluding hydrogens is 332 g/mol. The van der Waals surface area contributed by atoms with Gasteiger partial charge in [-0.05, 0) is 56.5 Å². The summed E-state index contributed by atoms with van der Waals surface area (Å²) in [6.45, 7) is 5.64. The van der Waals surface area contributed by atoms with Crippen molar-refractivity contribution in [2.45, 2.75) is 31.2 Å². The van der Waals surface area contributed by atoms with Gasteiger partial charge in [0.25, 0.3) is 0 Å². The number of hydrogen-bond acceptors (Lipinski definition) is 3. The molecule has 2 aromatic rings. The zero-order chi connectivity index (χ0) is 17.7. The van der Waals surface area contributed by atoms with Crippen molar-refractivity contribution in [2.75, 3.05) is 19.6 Å². The Hall–Kier alpha value is -1.69. The van der Waals surface area contributed by atoms with E-state index < -0.39 is 10.0 Å². The van der Waals surface area contributed by atoms with E-state index in [4.69, 9.17) is 0 Å². The minimum Gasteiger partial charge on any atom is -0.299 e. The minimum absolute atomic E-state index is 0.340. The molecular formula is C20H26N2O2S. The fraction of sp³-hybridized carbons (Fsp3) is 0.400. The van der Waals surface area contributed by atoms with Crippen LogP contribution in [0.15, 0.2) is 59.5 Å². The Bertz CT molecular complexity index is 765. The smallest absolute Gasteiger partial charge is 0.240 e. The van der Waals surface area contributed by atoms with Crippen LogP contribution < -0.4 is 4.72 Å². The van der Waals surface area contributed by atoms with E-state index in [1.807, 2.05) is 6.07 Å². The highest BCUT2D eigenvalue weighted by atomic mass is 32.2. The van der Waals surface area contributed by atoms with Crippen molar-refractivity contribution in [1.82, 2.24) is 9.62 Å². The molecule has 3 rings (SSSR count). The van der Waals surface area contributed by atoms with E-state index in [1.165, 1.54) is 11.1 Å². The summed E-state index contributed by atoms with van der Waals surface area (Å²) in [7, 11) is -3.39. The Balaban J connectivity index is 1.46. The summed E-state index contributed by atoms with van der Waals surface area (Å²) in [4.78, 5) is 2.79. The molecule has 0 spiro atoms. The Morgan fingerprint density at radius 1 is 1.00 bits per heavy atom. The molecule has 1 saturated heterocycles. The zero-order valence-electron chi connectivity index (χ0n) is 14.7. The van der Waals surface area contributed by atoms with E-state index in [1.54, 1.807) is 24.3 Å². The summed E-state index contributed by atoms with van der Waals surface area (Å²) in [6, 6.07) is 17.3. The molecule has 0 radical (unpaired) electrons. The van der Waals surface area contributed by atoms with Crippen LogP contribution in [-0.2, 0) is 16.6 Å². The van der Waals surface area contributed by atoms with Crippen LogP contribution in [-0.4, -0.2) is 33.0 Å². The second-order valence-corrected chi connectivity index (χ2v) is 8.64. The van der Waals surface area contributed by atoms with Crippen LogP contribution in [0.25, 0.3) is 0 Å². The van der Waals surface area contributed by atoms with Gasteiger partial charge < -0.3 is 0 Å². The third kappa shape index (κ3) is 5.14. The highest BCUT2D eigenvalue weighted by Crippen LogP contribution is 2.19.